The topological polar surface area (TPSA) is 75.3 Å². The molecule has 5 nitrogen and oxygen atoms in total. The zero-order valence-corrected chi connectivity index (χ0v) is 17.6. The number of carbonyl (C=O) groups is 1. The monoisotopic (exact) mass is 420 g/mol. The van der Waals surface area contributed by atoms with Gasteiger partial charge >= 0.3 is 0 Å². The van der Waals surface area contributed by atoms with E-state index in [1.165, 1.54) is 41.8 Å². The molecule has 0 heterocycles. The first-order valence-corrected chi connectivity index (χ1v) is 11.5. The third-order valence-electron chi connectivity index (χ3n) is 5.46. The first kappa shape index (κ1) is 20.2. The lowest BCUT2D eigenvalue weighted by atomic mass is 9.90. The van der Waals surface area contributed by atoms with Crippen LogP contribution in [0.25, 0.3) is 0 Å². The number of para-hydroxylation sites is 1. The van der Waals surface area contributed by atoms with Crippen molar-refractivity contribution >= 4 is 27.3 Å². The smallest absolute Gasteiger partial charge is 0.261 e. The minimum atomic E-state index is -3.73. The van der Waals surface area contributed by atoms with E-state index in [0.717, 1.165) is 30.5 Å². The fourth-order valence-electron chi connectivity index (χ4n) is 3.77. The van der Waals surface area contributed by atoms with Crippen LogP contribution in [0.2, 0.25) is 0 Å². The Morgan fingerprint density at radius 1 is 0.833 bits per heavy atom. The molecule has 1 aliphatic carbocycles. The molecule has 2 N–H and O–H groups in total. The molecule has 1 amide bonds. The minimum absolute atomic E-state index is 0.111. The van der Waals surface area contributed by atoms with Gasteiger partial charge in [-0.2, -0.15) is 0 Å². The highest BCUT2D eigenvalue weighted by molar-refractivity contribution is 7.92. The normalized spacial score (nSPS) is 13.4. The van der Waals surface area contributed by atoms with Crippen molar-refractivity contribution in [3.63, 3.8) is 0 Å². The summed E-state index contributed by atoms with van der Waals surface area (Å²) in [5.74, 6) is -0.246. The molecule has 0 aliphatic heterocycles. The van der Waals surface area contributed by atoms with E-state index in [2.05, 4.69) is 16.1 Å². The first-order valence-electron chi connectivity index (χ1n) is 10.0. The summed E-state index contributed by atoms with van der Waals surface area (Å²) < 4.78 is 27.9. The maximum absolute atomic E-state index is 12.7. The number of amides is 1. The molecule has 0 atom stereocenters. The number of carbonyl (C=O) groups excluding carboxylic acids is 1. The van der Waals surface area contributed by atoms with Crippen LogP contribution in [0.4, 0.5) is 11.4 Å². The van der Waals surface area contributed by atoms with Crippen molar-refractivity contribution in [1.29, 1.82) is 0 Å². The molecule has 0 fully saturated rings. The molecule has 6 heteroatoms. The van der Waals surface area contributed by atoms with Gasteiger partial charge in [0.1, 0.15) is 0 Å². The summed E-state index contributed by atoms with van der Waals surface area (Å²) in [6.45, 7) is 1.84. The van der Waals surface area contributed by atoms with E-state index in [-0.39, 0.29) is 10.8 Å². The van der Waals surface area contributed by atoms with Gasteiger partial charge in [-0.15, -0.1) is 0 Å². The fourth-order valence-corrected chi connectivity index (χ4v) is 4.90. The van der Waals surface area contributed by atoms with Gasteiger partial charge in [0.2, 0.25) is 0 Å². The zero-order valence-electron chi connectivity index (χ0n) is 16.8. The van der Waals surface area contributed by atoms with Crippen molar-refractivity contribution in [3.8, 4) is 0 Å². The van der Waals surface area contributed by atoms with E-state index < -0.39 is 10.0 Å². The van der Waals surface area contributed by atoms with Crippen LogP contribution < -0.4 is 10.0 Å². The maximum Gasteiger partial charge on any atom is 0.261 e. The fraction of sp³-hybridized carbons (Fsp3) is 0.208. The molecular weight excluding hydrogens is 396 g/mol. The van der Waals surface area contributed by atoms with E-state index >= 15 is 0 Å². The number of sulfonamides is 1. The summed E-state index contributed by atoms with van der Waals surface area (Å²) in [5.41, 5.74) is 5.13. The number of fused-ring (bicyclic) bond motifs is 1. The number of hydrogen-bond donors (Lipinski definition) is 2. The van der Waals surface area contributed by atoms with E-state index in [4.69, 9.17) is 0 Å². The van der Waals surface area contributed by atoms with Crippen LogP contribution in [0.5, 0.6) is 0 Å². The average Bonchev–Trinajstić information content (AvgIpc) is 2.75. The Bertz CT molecular complexity index is 1190. The van der Waals surface area contributed by atoms with Gasteiger partial charge < -0.3 is 5.32 Å². The molecule has 4 rings (SSSR count). The molecule has 154 valence electrons. The van der Waals surface area contributed by atoms with Crippen LogP contribution in [0.15, 0.2) is 71.6 Å². The van der Waals surface area contributed by atoms with Crippen LogP contribution in [-0.4, -0.2) is 14.3 Å². The summed E-state index contributed by atoms with van der Waals surface area (Å²) in [7, 11) is -3.73. The predicted molar refractivity (Wildman–Crippen MR) is 119 cm³/mol. The Hall–Kier alpha value is -3.12. The van der Waals surface area contributed by atoms with Crippen molar-refractivity contribution in [1.82, 2.24) is 0 Å². The second kappa shape index (κ2) is 8.32. The van der Waals surface area contributed by atoms with Crippen LogP contribution in [-0.2, 0) is 22.9 Å². The minimum Gasteiger partial charge on any atom is -0.322 e. The van der Waals surface area contributed by atoms with Crippen molar-refractivity contribution in [2.24, 2.45) is 0 Å². The predicted octanol–water partition coefficient (Wildman–Crippen LogP) is 4.93. The van der Waals surface area contributed by atoms with Gasteiger partial charge in [-0.05, 0) is 85.7 Å². The van der Waals surface area contributed by atoms with Crippen molar-refractivity contribution in [3.05, 3.63) is 89.0 Å². The van der Waals surface area contributed by atoms with E-state index in [1.807, 2.05) is 31.2 Å². The Balaban J connectivity index is 1.51. The maximum atomic E-state index is 12.7. The lowest BCUT2D eigenvalue weighted by molar-refractivity contribution is 0.102. The molecule has 0 bridgehead atoms. The van der Waals surface area contributed by atoms with Crippen LogP contribution in [0, 0.1) is 6.92 Å². The molecule has 1 aliphatic rings. The van der Waals surface area contributed by atoms with Crippen molar-refractivity contribution in [2.75, 3.05) is 10.0 Å². The molecule has 0 radical (unpaired) electrons. The Morgan fingerprint density at radius 3 is 2.30 bits per heavy atom. The lowest BCUT2D eigenvalue weighted by Crippen LogP contribution is -2.16. The van der Waals surface area contributed by atoms with Gasteiger partial charge in [0.15, 0.2) is 0 Å². The molecule has 3 aromatic rings. The van der Waals surface area contributed by atoms with Crippen molar-refractivity contribution in [2.45, 2.75) is 37.5 Å². The number of nitrogens with one attached hydrogen (secondary N) is 2. The second-order valence-electron chi connectivity index (χ2n) is 7.55. The highest BCUT2D eigenvalue weighted by Crippen LogP contribution is 2.28. The SMILES string of the molecule is Cc1ccccc1NS(=O)(=O)c1ccc(C(=O)Nc2cccc3c2CCCC3)cc1. The molecule has 0 saturated carbocycles. The molecule has 0 unspecified atom stereocenters. The van der Waals surface area contributed by atoms with Gasteiger partial charge in [0, 0.05) is 11.3 Å². The summed E-state index contributed by atoms with van der Waals surface area (Å²) >= 11 is 0. The number of anilines is 2. The number of aryl methyl sites for hydroxylation is 2. The summed E-state index contributed by atoms with van der Waals surface area (Å²) in [6.07, 6.45) is 4.31. The molecule has 30 heavy (non-hydrogen) atoms. The standard InChI is InChI=1S/C24H24N2O3S/c1-17-7-2-5-11-22(17)26-30(28,29)20-15-13-19(14-16-20)24(27)25-23-12-6-9-18-8-3-4-10-21(18)23/h2,5-7,9,11-16,26H,3-4,8,10H2,1H3,(H,25,27). The average molecular weight is 421 g/mol. The van der Waals surface area contributed by atoms with Crippen LogP contribution >= 0.6 is 0 Å². The van der Waals surface area contributed by atoms with Gasteiger partial charge in [0.05, 0.1) is 10.6 Å². The number of hydrogen-bond acceptors (Lipinski definition) is 3. The summed E-state index contributed by atoms with van der Waals surface area (Å²) in [5, 5.41) is 2.99. The first-order chi connectivity index (χ1) is 14.4. The quantitative estimate of drug-likeness (QED) is 0.615. The van der Waals surface area contributed by atoms with E-state index in [0.29, 0.717) is 11.3 Å². The molecule has 0 saturated heterocycles. The zero-order chi connectivity index (χ0) is 21.1. The van der Waals surface area contributed by atoms with E-state index in [1.54, 1.807) is 12.1 Å². The highest BCUT2D eigenvalue weighted by atomic mass is 32.2. The second-order valence-corrected chi connectivity index (χ2v) is 9.23. The Kier molecular flexibility index (Phi) is 5.59. The van der Waals surface area contributed by atoms with Crippen molar-refractivity contribution < 1.29 is 13.2 Å². The highest BCUT2D eigenvalue weighted by Gasteiger charge is 2.18. The number of rotatable bonds is 5. The summed E-state index contributed by atoms with van der Waals surface area (Å²) in [6, 6.07) is 19.2. The molecular formula is C24H24N2O3S. The van der Waals surface area contributed by atoms with Gasteiger partial charge in [-0.3, -0.25) is 9.52 Å². The van der Waals surface area contributed by atoms with Crippen LogP contribution in [0.1, 0.15) is 39.9 Å². The van der Waals surface area contributed by atoms with Crippen LogP contribution in [0.3, 0.4) is 0 Å². The third kappa shape index (κ3) is 4.24. The molecule has 0 aromatic heterocycles. The lowest BCUT2D eigenvalue weighted by Gasteiger charge is -2.19. The Morgan fingerprint density at radius 2 is 1.53 bits per heavy atom. The summed E-state index contributed by atoms with van der Waals surface area (Å²) in [4.78, 5) is 12.8. The number of benzene rings is 3. The van der Waals surface area contributed by atoms with Gasteiger partial charge in [-0.25, -0.2) is 8.42 Å². The molecule has 0 spiro atoms. The van der Waals surface area contributed by atoms with E-state index in [9.17, 15) is 13.2 Å². The Labute approximate surface area is 177 Å². The molecule has 3 aromatic carbocycles. The van der Waals surface area contributed by atoms with Gasteiger partial charge in [-0.1, -0.05) is 30.3 Å². The third-order valence-corrected chi connectivity index (χ3v) is 6.84. The van der Waals surface area contributed by atoms with Gasteiger partial charge in [0.25, 0.3) is 15.9 Å². The largest absolute Gasteiger partial charge is 0.322 e.